The van der Waals surface area contributed by atoms with E-state index in [2.05, 4.69) is 5.32 Å². The molecule has 1 unspecified atom stereocenters. The van der Waals surface area contributed by atoms with Crippen LogP contribution in [0.3, 0.4) is 0 Å². The van der Waals surface area contributed by atoms with E-state index in [-0.39, 0.29) is 12.5 Å². The highest BCUT2D eigenvalue weighted by Crippen LogP contribution is 2.24. The second kappa shape index (κ2) is 6.00. The average Bonchev–Trinajstić information content (AvgIpc) is 2.89. The highest BCUT2D eigenvalue weighted by Gasteiger charge is 2.25. The Hall–Kier alpha value is -1.65. The fourth-order valence-corrected chi connectivity index (χ4v) is 3.34. The van der Waals surface area contributed by atoms with Gasteiger partial charge in [0.2, 0.25) is 0 Å². The van der Waals surface area contributed by atoms with Crippen molar-refractivity contribution in [3.63, 3.8) is 0 Å². The monoisotopic (exact) mass is 303 g/mol. The van der Waals surface area contributed by atoms with E-state index >= 15 is 0 Å². The summed E-state index contributed by atoms with van der Waals surface area (Å²) < 4.78 is 0. The predicted molar refractivity (Wildman–Crippen MR) is 86.9 cm³/mol. The first-order chi connectivity index (χ1) is 9.81. The zero-order chi connectivity index (χ0) is 15.6. The fraction of sp³-hybridized carbons (Fsp3) is 0.353. The van der Waals surface area contributed by atoms with Crippen LogP contribution < -0.4 is 5.32 Å². The molecule has 1 amide bonds. The van der Waals surface area contributed by atoms with Gasteiger partial charge in [-0.1, -0.05) is 23.8 Å². The van der Waals surface area contributed by atoms with Gasteiger partial charge in [0.25, 0.3) is 5.91 Å². The van der Waals surface area contributed by atoms with E-state index in [4.69, 9.17) is 0 Å². The van der Waals surface area contributed by atoms with Gasteiger partial charge in [-0.05, 0) is 50.3 Å². The first-order valence-electron chi connectivity index (χ1n) is 6.93. The van der Waals surface area contributed by atoms with Crippen LogP contribution in [0.1, 0.15) is 38.8 Å². The van der Waals surface area contributed by atoms with Gasteiger partial charge in [0.15, 0.2) is 0 Å². The number of carbonyl (C=O) groups is 1. The third-order valence-electron chi connectivity index (χ3n) is 3.55. The Morgan fingerprint density at radius 1 is 1.29 bits per heavy atom. The van der Waals surface area contributed by atoms with Crippen molar-refractivity contribution in [2.24, 2.45) is 0 Å². The Bertz CT molecular complexity index is 622. The minimum atomic E-state index is -1.05. The number of nitrogens with one attached hydrogen (secondary N) is 1. The largest absolute Gasteiger partial charge is 0.383 e. The maximum atomic E-state index is 12.4. The zero-order valence-corrected chi connectivity index (χ0v) is 13.7. The molecule has 0 saturated carbocycles. The van der Waals surface area contributed by atoms with Crippen LogP contribution in [0.2, 0.25) is 0 Å². The Labute approximate surface area is 129 Å². The van der Waals surface area contributed by atoms with Gasteiger partial charge in [0.1, 0.15) is 5.60 Å². The molecule has 0 fully saturated rings. The lowest BCUT2D eigenvalue weighted by Gasteiger charge is -2.23. The van der Waals surface area contributed by atoms with Gasteiger partial charge in [0, 0.05) is 10.4 Å². The normalized spacial score (nSPS) is 13.8. The second-order valence-corrected chi connectivity index (χ2v) is 6.66. The third kappa shape index (κ3) is 3.52. The van der Waals surface area contributed by atoms with E-state index in [0.717, 1.165) is 21.6 Å². The highest BCUT2D eigenvalue weighted by atomic mass is 32.1. The fourth-order valence-electron chi connectivity index (χ4n) is 2.55. The molecule has 2 rings (SSSR count). The molecule has 1 atom stereocenters. The zero-order valence-electron chi connectivity index (χ0n) is 12.9. The van der Waals surface area contributed by atoms with Crippen molar-refractivity contribution in [1.82, 2.24) is 5.32 Å². The van der Waals surface area contributed by atoms with Crippen molar-refractivity contribution in [2.75, 3.05) is 6.54 Å². The quantitative estimate of drug-likeness (QED) is 0.910. The lowest BCUT2D eigenvalue weighted by molar-refractivity contribution is 0.0556. The van der Waals surface area contributed by atoms with Gasteiger partial charge < -0.3 is 10.4 Å². The van der Waals surface area contributed by atoms with Gasteiger partial charge in [-0.2, -0.15) is 0 Å². The average molecular weight is 303 g/mol. The van der Waals surface area contributed by atoms with Crippen LogP contribution in [0, 0.1) is 20.8 Å². The van der Waals surface area contributed by atoms with E-state index in [1.54, 1.807) is 6.92 Å². The van der Waals surface area contributed by atoms with E-state index in [0.29, 0.717) is 5.56 Å². The smallest absolute Gasteiger partial charge is 0.251 e. The van der Waals surface area contributed by atoms with Crippen molar-refractivity contribution in [2.45, 2.75) is 33.3 Å². The summed E-state index contributed by atoms with van der Waals surface area (Å²) in [4.78, 5) is 13.2. The van der Waals surface area contributed by atoms with Crippen LogP contribution in [0.5, 0.6) is 0 Å². The first kappa shape index (κ1) is 15.7. The second-order valence-electron chi connectivity index (χ2n) is 5.71. The summed E-state index contributed by atoms with van der Waals surface area (Å²) >= 11 is 1.48. The number of hydrogen-bond donors (Lipinski definition) is 2. The topological polar surface area (TPSA) is 49.3 Å². The molecule has 0 aliphatic carbocycles. The summed E-state index contributed by atoms with van der Waals surface area (Å²) in [5, 5.41) is 15.2. The Morgan fingerprint density at radius 2 is 1.90 bits per heavy atom. The maximum Gasteiger partial charge on any atom is 0.251 e. The van der Waals surface area contributed by atoms with Crippen LogP contribution >= 0.6 is 11.3 Å². The van der Waals surface area contributed by atoms with E-state index in [1.807, 2.05) is 50.4 Å². The molecule has 4 heteroatoms. The van der Waals surface area contributed by atoms with Crippen LogP contribution in [0.15, 0.2) is 29.6 Å². The third-order valence-corrected chi connectivity index (χ3v) is 4.67. The number of amides is 1. The Kier molecular flexibility index (Phi) is 4.49. The molecule has 0 spiro atoms. The molecule has 21 heavy (non-hydrogen) atoms. The molecule has 3 nitrogen and oxygen atoms in total. The van der Waals surface area contributed by atoms with Crippen LogP contribution in [-0.2, 0) is 5.60 Å². The summed E-state index contributed by atoms with van der Waals surface area (Å²) in [6.07, 6.45) is 0. The molecule has 1 aromatic carbocycles. The van der Waals surface area contributed by atoms with Crippen molar-refractivity contribution in [3.05, 3.63) is 56.8 Å². The van der Waals surface area contributed by atoms with Crippen molar-refractivity contribution >= 4 is 17.2 Å². The first-order valence-corrected chi connectivity index (χ1v) is 7.81. The van der Waals surface area contributed by atoms with E-state index in [9.17, 15) is 9.90 Å². The minimum Gasteiger partial charge on any atom is -0.383 e. The molecule has 1 aromatic heterocycles. The van der Waals surface area contributed by atoms with Crippen LogP contribution in [0.25, 0.3) is 0 Å². The van der Waals surface area contributed by atoms with Crippen molar-refractivity contribution in [1.29, 1.82) is 0 Å². The number of aliphatic hydroxyl groups is 1. The summed E-state index contributed by atoms with van der Waals surface area (Å²) in [6.45, 7) is 7.80. The number of benzene rings is 1. The van der Waals surface area contributed by atoms with Gasteiger partial charge >= 0.3 is 0 Å². The summed E-state index contributed by atoms with van der Waals surface area (Å²) in [5.74, 6) is -0.137. The molecule has 0 aliphatic heterocycles. The van der Waals surface area contributed by atoms with Crippen molar-refractivity contribution < 1.29 is 9.90 Å². The minimum absolute atomic E-state index is 0.137. The molecule has 0 radical (unpaired) electrons. The van der Waals surface area contributed by atoms with E-state index < -0.39 is 5.60 Å². The molecular weight excluding hydrogens is 282 g/mol. The molecule has 2 aromatic rings. The molecule has 1 heterocycles. The standard InChI is InChI=1S/C17H21NO2S/c1-11-8-12(2)15(13(3)9-11)16(19)18-10-17(4,20)14-6-5-7-21-14/h5-9,20H,10H2,1-4H3,(H,18,19). The van der Waals surface area contributed by atoms with Crippen LogP contribution in [0.4, 0.5) is 0 Å². The number of hydrogen-bond acceptors (Lipinski definition) is 3. The SMILES string of the molecule is Cc1cc(C)c(C(=O)NCC(C)(O)c2cccs2)c(C)c1. The number of aryl methyl sites for hydroxylation is 3. The number of thiophene rings is 1. The molecule has 0 saturated heterocycles. The lowest BCUT2D eigenvalue weighted by atomic mass is 9.98. The molecule has 112 valence electrons. The van der Waals surface area contributed by atoms with E-state index in [1.165, 1.54) is 11.3 Å². The summed E-state index contributed by atoms with van der Waals surface area (Å²) in [6, 6.07) is 7.77. The Balaban J connectivity index is 2.13. The van der Waals surface area contributed by atoms with Gasteiger partial charge in [-0.3, -0.25) is 4.79 Å². The lowest BCUT2D eigenvalue weighted by Crippen LogP contribution is -2.38. The van der Waals surface area contributed by atoms with Crippen LogP contribution in [-0.4, -0.2) is 17.6 Å². The Morgan fingerprint density at radius 3 is 2.43 bits per heavy atom. The summed E-state index contributed by atoms with van der Waals surface area (Å²) in [7, 11) is 0. The van der Waals surface area contributed by atoms with Crippen molar-refractivity contribution in [3.8, 4) is 0 Å². The summed E-state index contributed by atoms with van der Waals surface area (Å²) in [5.41, 5.74) is 2.72. The predicted octanol–water partition coefficient (Wildman–Crippen LogP) is 3.31. The number of carbonyl (C=O) groups excluding carboxylic acids is 1. The van der Waals surface area contributed by atoms with Gasteiger partial charge in [-0.15, -0.1) is 11.3 Å². The molecular formula is C17H21NO2S. The van der Waals surface area contributed by atoms with Gasteiger partial charge in [-0.25, -0.2) is 0 Å². The highest BCUT2D eigenvalue weighted by molar-refractivity contribution is 7.10. The van der Waals surface area contributed by atoms with Gasteiger partial charge in [0.05, 0.1) is 6.54 Å². The molecule has 0 bridgehead atoms. The maximum absolute atomic E-state index is 12.4. The molecule has 0 aliphatic rings. The number of rotatable bonds is 4. The molecule has 2 N–H and O–H groups in total.